The summed E-state index contributed by atoms with van der Waals surface area (Å²) in [5.41, 5.74) is 5.87. The van der Waals surface area contributed by atoms with Crippen LogP contribution in [-0.2, 0) is 0 Å². The summed E-state index contributed by atoms with van der Waals surface area (Å²) in [5, 5.41) is 3.67. The highest BCUT2D eigenvalue weighted by Crippen LogP contribution is 2.17. The molecule has 1 fully saturated rings. The van der Waals surface area contributed by atoms with Crippen molar-refractivity contribution in [2.45, 2.75) is 58.5 Å². The Labute approximate surface area is 88.6 Å². The van der Waals surface area contributed by atoms with Gasteiger partial charge in [0.1, 0.15) is 0 Å². The van der Waals surface area contributed by atoms with Gasteiger partial charge in [-0.3, -0.25) is 0 Å². The Bertz CT molecular complexity index is 148. The molecule has 2 heteroatoms. The fourth-order valence-corrected chi connectivity index (χ4v) is 1.91. The number of rotatable bonds is 4. The molecule has 0 heterocycles. The number of hydrogen-bond donors (Lipinski definition) is 2. The molecule has 1 rings (SSSR count). The van der Waals surface area contributed by atoms with Gasteiger partial charge in [0.25, 0.3) is 0 Å². The summed E-state index contributed by atoms with van der Waals surface area (Å²) in [4.78, 5) is 0. The summed E-state index contributed by atoms with van der Waals surface area (Å²) in [6.07, 6.45) is 4.94. The molecule has 1 aliphatic carbocycles. The van der Waals surface area contributed by atoms with Crippen LogP contribution in [0.4, 0.5) is 0 Å². The zero-order valence-electron chi connectivity index (χ0n) is 9.92. The van der Waals surface area contributed by atoms with Crippen LogP contribution >= 0.6 is 0 Å². The van der Waals surface area contributed by atoms with Gasteiger partial charge in [-0.2, -0.15) is 0 Å². The molecule has 0 aromatic rings. The molecular weight excluding hydrogens is 172 g/mol. The maximum atomic E-state index is 5.87. The summed E-state index contributed by atoms with van der Waals surface area (Å²) in [5.74, 6) is 1.57. The van der Waals surface area contributed by atoms with Gasteiger partial charge in [-0.1, -0.05) is 20.8 Å². The predicted octanol–water partition coefficient (Wildman–Crippen LogP) is 2.14. The molecule has 1 saturated carbocycles. The first-order chi connectivity index (χ1) is 6.59. The lowest BCUT2D eigenvalue weighted by Crippen LogP contribution is -2.39. The highest BCUT2D eigenvalue weighted by atomic mass is 14.9. The van der Waals surface area contributed by atoms with E-state index in [1.165, 1.54) is 25.7 Å². The lowest BCUT2D eigenvalue weighted by molar-refractivity contribution is 0.306. The van der Waals surface area contributed by atoms with Gasteiger partial charge in [0.05, 0.1) is 0 Å². The fraction of sp³-hybridized carbons (Fsp3) is 1.00. The van der Waals surface area contributed by atoms with E-state index in [-0.39, 0.29) is 0 Å². The molecule has 2 nitrogen and oxygen atoms in total. The van der Waals surface area contributed by atoms with Crippen LogP contribution < -0.4 is 11.1 Å². The molecule has 14 heavy (non-hydrogen) atoms. The minimum Gasteiger partial charge on any atom is -0.328 e. The highest BCUT2D eigenvalue weighted by Gasteiger charge is 2.18. The van der Waals surface area contributed by atoms with Gasteiger partial charge in [0.15, 0.2) is 0 Å². The lowest BCUT2D eigenvalue weighted by atomic mass is 9.91. The Morgan fingerprint density at radius 1 is 1.14 bits per heavy atom. The second-order valence-corrected chi connectivity index (χ2v) is 5.24. The number of nitrogens with one attached hydrogen (secondary N) is 1. The first-order valence-electron chi connectivity index (χ1n) is 6.08. The van der Waals surface area contributed by atoms with Crippen LogP contribution in [-0.4, -0.2) is 18.6 Å². The predicted molar refractivity (Wildman–Crippen MR) is 62.2 cm³/mol. The third-order valence-electron chi connectivity index (χ3n) is 3.64. The normalized spacial score (nSPS) is 30.6. The molecule has 0 aromatic heterocycles. The standard InChI is InChI=1S/C12H26N2/c1-9(2)10(3)8-14-12-6-4-11(13)5-7-12/h9-12,14H,4-8,13H2,1-3H3. The summed E-state index contributed by atoms with van der Waals surface area (Å²) >= 11 is 0. The van der Waals surface area contributed by atoms with Gasteiger partial charge < -0.3 is 11.1 Å². The van der Waals surface area contributed by atoms with E-state index in [0.717, 1.165) is 24.4 Å². The Balaban J connectivity index is 2.13. The fourth-order valence-electron chi connectivity index (χ4n) is 1.91. The average molecular weight is 198 g/mol. The lowest BCUT2D eigenvalue weighted by Gasteiger charge is -2.28. The van der Waals surface area contributed by atoms with Crippen molar-refractivity contribution in [3.63, 3.8) is 0 Å². The number of hydrogen-bond acceptors (Lipinski definition) is 2. The molecule has 0 amide bonds. The van der Waals surface area contributed by atoms with Crippen molar-refractivity contribution >= 4 is 0 Å². The van der Waals surface area contributed by atoms with E-state index < -0.39 is 0 Å². The van der Waals surface area contributed by atoms with Gasteiger partial charge >= 0.3 is 0 Å². The van der Waals surface area contributed by atoms with Crippen LogP contribution in [0.25, 0.3) is 0 Å². The van der Waals surface area contributed by atoms with E-state index in [0.29, 0.717) is 6.04 Å². The van der Waals surface area contributed by atoms with Gasteiger partial charge in [-0.25, -0.2) is 0 Å². The van der Waals surface area contributed by atoms with E-state index in [9.17, 15) is 0 Å². The minimum atomic E-state index is 0.468. The Hall–Kier alpha value is -0.0800. The van der Waals surface area contributed by atoms with Crippen LogP contribution in [0.1, 0.15) is 46.5 Å². The molecule has 1 unspecified atom stereocenters. The van der Waals surface area contributed by atoms with Gasteiger partial charge in [0, 0.05) is 12.1 Å². The molecule has 84 valence electrons. The van der Waals surface area contributed by atoms with E-state index in [1.54, 1.807) is 0 Å². The van der Waals surface area contributed by atoms with Crippen molar-refractivity contribution in [2.75, 3.05) is 6.54 Å². The molecule has 0 saturated heterocycles. The number of nitrogens with two attached hydrogens (primary N) is 1. The smallest absolute Gasteiger partial charge is 0.00683 e. The van der Waals surface area contributed by atoms with Crippen LogP contribution in [0.2, 0.25) is 0 Å². The average Bonchev–Trinajstić information content (AvgIpc) is 2.16. The van der Waals surface area contributed by atoms with Crippen molar-refractivity contribution < 1.29 is 0 Å². The zero-order valence-corrected chi connectivity index (χ0v) is 9.92. The molecule has 0 radical (unpaired) electrons. The van der Waals surface area contributed by atoms with Crippen molar-refractivity contribution in [1.82, 2.24) is 5.32 Å². The zero-order chi connectivity index (χ0) is 10.6. The van der Waals surface area contributed by atoms with Crippen molar-refractivity contribution in [3.05, 3.63) is 0 Å². The molecular formula is C12H26N2. The largest absolute Gasteiger partial charge is 0.328 e. The summed E-state index contributed by atoms with van der Waals surface area (Å²) in [6, 6.07) is 1.20. The van der Waals surface area contributed by atoms with E-state index in [4.69, 9.17) is 5.73 Å². The van der Waals surface area contributed by atoms with E-state index in [1.807, 2.05) is 0 Å². The first-order valence-corrected chi connectivity index (χ1v) is 6.08. The third kappa shape index (κ3) is 3.97. The van der Waals surface area contributed by atoms with Gasteiger partial charge in [-0.15, -0.1) is 0 Å². The molecule has 0 aliphatic heterocycles. The maximum Gasteiger partial charge on any atom is 0.00683 e. The van der Waals surface area contributed by atoms with Crippen molar-refractivity contribution in [2.24, 2.45) is 17.6 Å². The topological polar surface area (TPSA) is 38.0 Å². The van der Waals surface area contributed by atoms with E-state index >= 15 is 0 Å². The molecule has 0 spiro atoms. The van der Waals surface area contributed by atoms with Gasteiger partial charge in [0.2, 0.25) is 0 Å². The van der Waals surface area contributed by atoms with Crippen LogP contribution in [0.15, 0.2) is 0 Å². The van der Waals surface area contributed by atoms with Crippen LogP contribution in [0, 0.1) is 11.8 Å². The second-order valence-electron chi connectivity index (χ2n) is 5.24. The third-order valence-corrected chi connectivity index (χ3v) is 3.64. The monoisotopic (exact) mass is 198 g/mol. The Morgan fingerprint density at radius 3 is 2.21 bits per heavy atom. The second kappa shape index (κ2) is 5.72. The highest BCUT2D eigenvalue weighted by molar-refractivity contribution is 4.79. The molecule has 3 N–H and O–H groups in total. The quantitative estimate of drug-likeness (QED) is 0.726. The molecule has 1 atom stereocenters. The van der Waals surface area contributed by atoms with Gasteiger partial charge in [-0.05, 0) is 44.1 Å². The van der Waals surface area contributed by atoms with Crippen molar-refractivity contribution in [3.8, 4) is 0 Å². The van der Waals surface area contributed by atoms with E-state index in [2.05, 4.69) is 26.1 Å². The van der Waals surface area contributed by atoms with Crippen LogP contribution in [0.3, 0.4) is 0 Å². The van der Waals surface area contributed by atoms with Crippen molar-refractivity contribution in [1.29, 1.82) is 0 Å². The molecule has 0 aromatic carbocycles. The first kappa shape index (κ1) is 12.0. The Kier molecular flexibility index (Phi) is 4.90. The maximum absolute atomic E-state index is 5.87. The SMILES string of the molecule is CC(C)C(C)CNC1CCC(N)CC1. The molecule has 0 bridgehead atoms. The summed E-state index contributed by atoms with van der Waals surface area (Å²) in [6.45, 7) is 8.08. The van der Waals surface area contributed by atoms with Crippen LogP contribution in [0.5, 0.6) is 0 Å². The summed E-state index contributed by atoms with van der Waals surface area (Å²) < 4.78 is 0. The Morgan fingerprint density at radius 2 is 1.71 bits per heavy atom. The molecule has 1 aliphatic rings. The minimum absolute atomic E-state index is 0.468. The summed E-state index contributed by atoms with van der Waals surface area (Å²) in [7, 11) is 0.